The third-order valence-electron chi connectivity index (χ3n) is 1.95. The van der Waals surface area contributed by atoms with Gasteiger partial charge in [-0.2, -0.15) is 13.2 Å². The fraction of sp³-hybridized carbons (Fsp3) is 0.900. The molecule has 3 nitrogen and oxygen atoms in total. The van der Waals surface area contributed by atoms with E-state index in [1.807, 2.05) is 0 Å². The van der Waals surface area contributed by atoms with Crippen molar-refractivity contribution in [2.75, 3.05) is 32.2 Å². The molecular weight excluding hydrogens is 259 g/mol. The van der Waals surface area contributed by atoms with Gasteiger partial charge in [-0.25, -0.2) is 0 Å². The number of carbonyl (C=O) groups is 1. The zero-order valence-corrected chi connectivity index (χ0v) is 10.5. The van der Waals surface area contributed by atoms with Crippen molar-refractivity contribution in [1.82, 2.24) is 4.90 Å². The van der Waals surface area contributed by atoms with Crippen molar-refractivity contribution >= 4 is 17.5 Å². The number of alkyl halides is 4. The normalized spacial score (nSPS) is 11.6. The van der Waals surface area contributed by atoms with Crippen LogP contribution in [0.25, 0.3) is 0 Å². The van der Waals surface area contributed by atoms with Gasteiger partial charge < -0.3 is 9.64 Å². The Balaban J connectivity index is 4.16. The third kappa shape index (κ3) is 9.23. The Morgan fingerprint density at radius 3 is 2.53 bits per heavy atom. The van der Waals surface area contributed by atoms with Gasteiger partial charge in [0.15, 0.2) is 0 Å². The predicted octanol–water partition coefficient (Wildman–Crippen LogP) is 2.43. The SMILES string of the molecule is CCOCCCN(CC(F)(F)F)C(=O)CCCl. The topological polar surface area (TPSA) is 29.5 Å². The van der Waals surface area contributed by atoms with E-state index >= 15 is 0 Å². The lowest BCUT2D eigenvalue weighted by atomic mass is 10.3. The second-order valence-corrected chi connectivity index (χ2v) is 3.80. The van der Waals surface area contributed by atoms with Gasteiger partial charge in [0.2, 0.25) is 5.91 Å². The summed E-state index contributed by atoms with van der Waals surface area (Å²) < 4.78 is 41.7. The molecule has 0 aliphatic carbocycles. The zero-order chi connectivity index (χ0) is 13.3. The summed E-state index contributed by atoms with van der Waals surface area (Å²) in [6.45, 7) is 1.46. The summed E-state index contributed by atoms with van der Waals surface area (Å²) in [6, 6.07) is 0. The van der Waals surface area contributed by atoms with Crippen molar-refractivity contribution in [3.63, 3.8) is 0 Å². The Kier molecular flexibility index (Phi) is 8.33. The first kappa shape index (κ1) is 16.5. The zero-order valence-electron chi connectivity index (χ0n) is 9.73. The molecule has 102 valence electrons. The molecule has 0 rings (SSSR count). The summed E-state index contributed by atoms with van der Waals surface area (Å²) in [7, 11) is 0. The van der Waals surface area contributed by atoms with Crippen molar-refractivity contribution in [3.8, 4) is 0 Å². The monoisotopic (exact) mass is 275 g/mol. The second-order valence-electron chi connectivity index (χ2n) is 3.42. The lowest BCUT2D eigenvalue weighted by Crippen LogP contribution is -2.40. The van der Waals surface area contributed by atoms with Crippen LogP contribution in [0.3, 0.4) is 0 Å². The Morgan fingerprint density at radius 1 is 1.41 bits per heavy atom. The van der Waals surface area contributed by atoms with Crippen LogP contribution in [-0.2, 0) is 9.53 Å². The summed E-state index contributed by atoms with van der Waals surface area (Å²) in [5.74, 6) is -0.549. The average Bonchev–Trinajstić information content (AvgIpc) is 2.21. The fourth-order valence-corrected chi connectivity index (χ4v) is 1.41. The van der Waals surface area contributed by atoms with Crippen LogP contribution in [0, 0.1) is 0 Å². The molecule has 1 amide bonds. The smallest absolute Gasteiger partial charge is 0.382 e. The Bertz CT molecular complexity index is 224. The molecule has 0 unspecified atom stereocenters. The van der Waals surface area contributed by atoms with Gasteiger partial charge in [-0.05, 0) is 13.3 Å². The molecule has 0 aromatic heterocycles. The second kappa shape index (κ2) is 8.58. The molecule has 0 spiro atoms. The van der Waals surface area contributed by atoms with Crippen LogP contribution in [-0.4, -0.2) is 49.2 Å². The summed E-state index contributed by atoms with van der Waals surface area (Å²) in [4.78, 5) is 12.2. The quantitative estimate of drug-likeness (QED) is 0.503. The summed E-state index contributed by atoms with van der Waals surface area (Å²) in [6.07, 6.45) is -4.07. The van der Waals surface area contributed by atoms with E-state index in [1.54, 1.807) is 6.92 Å². The van der Waals surface area contributed by atoms with Gasteiger partial charge in [-0.3, -0.25) is 4.79 Å². The molecule has 0 radical (unpaired) electrons. The Morgan fingerprint density at radius 2 is 2.06 bits per heavy atom. The minimum Gasteiger partial charge on any atom is -0.382 e. The van der Waals surface area contributed by atoms with Gasteiger partial charge in [0, 0.05) is 32.1 Å². The van der Waals surface area contributed by atoms with E-state index in [2.05, 4.69) is 0 Å². The highest BCUT2D eigenvalue weighted by atomic mass is 35.5. The van der Waals surface area contributed by atoms with E-state index in [9.17, 15) is 18.0 Å². The van der Waals surface area contributed by atoms with E-state index in [-0.39, 0.29) is 18.8 Å². The van der Waals surface area contributed by atoms with Crippen LogP contribution in [0.1, 0.15) is 19.8 Å². The lowest BCUT2D eigenvalue weighted by molar-refractivity contribution is -0.161. The van der Waals surface area contributed by atoms with Gasteiger partial charge in [-0.15, -0.1) is 11.6 Å². The van der Waals surface area contributed by atoms with Crippen molar-refractivity contribution in [3.05, 3.63) is 0 Å². The van der Waals surface area contributed by atoms with Crippen LogP contribution in [0.4, 0.5) is 13.2 Å². The first-order chi connectivity index (χ1) is 7.90. The highest BCUT2D eigenvalue weighted by Crippen LogP contribution is 2.17. The van der Waals surface area contributed by atoms with Crippen LogP contribution in [0.2, 0.25) is 0 Å². The molecule has 0 saturated carbocycles. The Hall–Kier alpha value is -0.490. The number of carbonyl (C=O) groups excluding carboxylic acids is 1. The van der Waals surface area contributed by atoms with Crippen molar-refractivity contribution in [2.24, 2.45) is 0 Å². The summed E-state index contributed by atoms with van der Waals surface area (Å²) in [5.41, 5.74) is 0. The van der Waals surface area contributed by atoms with Crippen LogP contribution >= 0.6 is 11.6 Å². The van der Waals surface area contributed by atoms with Gasteiger partial charge in [0.25, 0.3) is 0 Å². The van der Waals surface area contributed by atoms with E-state index in [4.69, 9.17) is 16.3 Å². The molecular formula is C10H17ClF3NO2. The summed E-state index contributed by atoms with van der Waals surface area (Å²) in [5, 5.41) is 0. The van der Waals surface area contributed by atoms with Gasteiger partial charge >= 0.3 is 6.18 Å². The molecule has 0 aliphatic rings. The number of hydrogen-bond acceptors (Lipinski definition) is 2. The van der Waals surface area contributed by atoms with E-state index in [0.29, 0.717) is 19.6 Å². The lowest BCUT2D eigenvalue weighted by Gasteiger charge is -2.23. The van der Waals surface area contributed by atoms with Crippen LogP contribution in [0.5, 0.6) is 0 Å². The molecule has 0 heterocycles. The van der Waals surface area contributed by atoms with Crippen molar-refractivity contribution < 1.29 is 22.7 Å². The molecule has 0 saturated heterocycles. The van der Waals surface area contributed by atoms with Crippen LogP contribution < -0.4 is 0 Å². The highest BCUT2D eigenvalue weighted by molar-refractivity contribution is 6.18. The first-order valence-corrected chi connectivity index (χ1v) is 5.92. The summed E-state index contributed by atoms with van der Waals surface area (Å²) >= 11 is 5.34. The third-order valence-corrected chi connectivity index (χ3v) is 2.14. The number of rotatable bonds is 8. The maximum absolute atomic E-state index is 12.2. The standard InChI is InChI=1S/C10H17ClF3NO2/c1-2-17-7-3-6-15(8-10(12,13)14)9(16)4-5-11/h2-8H2,1H3. The number of halogens is 4. The largest absolute Gasteiger partial charge is 0.406 e. The Labute approximate surface area is 104 Å². The van der Waals surface area contributed by atoms with Crippen molar-refractivity contribution in [2.45, 2.75) is 25.9 Å². The average molecular weight is 276 g/mol. The number of nitrogens with zero attached hydrogens (tertiary/aromatic N) is 1. The number of amides is 1. The molecule has 0 aromatic rings. The minimum atomic E-state index is -4.38. The van der Waals surface area contributed by atoms with E-state index in [1.165, 1.54) is 0 Å². The number of ether oxygens (including phenoxy) is 1. The van der Waals surface area contributed by atoms with Crippen LogP contribution in [0.15, 0.2) is 0 Å². The first-order valence-electron chi connectivity index (χ1n) is 5.39. The molecule has 0 bridgehead atoms. The molecule has 0 atom stereocenters. The number of hydrogen-bond donors (Lipinski definition) is 0. The highest BCUT2D eigenvalue weighted by Gasteiger charge is 2.32. The van der Waals surface area contributed by atoms with E-state index in [0.717, 1.165) is 4.90 Å². The molecule has 0 fully saturated rings. The predicted molar refractivity (Wildman–Crippen MR) is 59.1 cm³/mol. The maximum Gasteiger partial charge on any atom is 0.406 e. The maximum atomic E-state index is 12.2. The minimum absolute atomic E-state index is 0.0264. The molecule has 7 heteroatoms. The molecule has 17 heavy (non-hydrogen) atoms. The van der Waals surface area contributed by atoms with Crippen molar-refractivity contribution in [1.29, 1.82) is 0 Å². The van der Waals surface area contributed by atoms with Gasteiger partial charge in [0.1, 0.15) is 6.54 Å². The molecule has 0 aromatic carbocycles. The van der Waals surface area contributed by atoms with E-state index < -0.39 is 18.6 Å². The molecule has 0 aliphatic heterocycles. The fourth-order valence-electron chi connectivity index (χ4n) is 1.25. The molecule has 0 N–H and O–H groups in total. The van der Waals surface area contributed by atoms with Gasteiger partial charge in [0.05, 0.1) is 0 Å². The van der Waals surface area contributed by atoms with Gasteiger partial charge in [-0.1, -0.05) is 0 Å².